The van der Waals surface area contributed by atoms with Crippen molar-refractivity contribution in [3.05, 3.63) is 10.6 Å². The summed E-state index contributed by atoms with van der Waals surface area (Å²) in [6.45, 7) is 1.96. The average molecular weight is 175 g/mol. The van der Waals surface area contributed by atoms with E-state index in [0.29, 0.717) is 17.0 Å². The van der Waals surface area contributed by atoms with Crippen LogP contribution in [0, 0.1) is 5.92 Å². The van der Waals surface area contributed by atoms with Crippen molar-refractivity contribution < 1.29 is 9.90 Å². The van der Waals surface area contributed by atoms with Crippen molar-refractivity contribution in [3.8, 4) is 0 Å². The Morgan fingerprint density at radius 3 is 2.82 bits per heavy atom. The second kappa shape index (κ2) is 3.26. The summed E-state index contributed by atoms with van der Waals surface area (Å²) >= 11 is 5.83. The summed E-state index contributed by atoms with van der Waals surface area (Å²) in [5.41, 5.74) is 0.408. The predicted octanol–water partition coefficient (Wildman–Crippen LogP) is 2.38. The predicted molar refractivity (Wildman–Crippen MR) is 43.5 cm³/mol. The Kier molecular flexibility index (Phi) is 2.55. The molecule has 0 spiro atoms. The van der Waals surface area contributed by atoms with Crippen molar-refractivity contribution in [3.63, 3.8) is 0 Å². The number of carboxylic acids is 1. The van der Waals surface area contributed by atoms with Crippen LogP contribution in [0.15, 0.2) is 10.6 Å². The van der Waals surface area contributed by atoms with Crippen molar-refractivity contribution in [2.24, 2.45) is 5.92 Å². The molecule has 1 rings (SSSR count). The third kappa shape index (κ3) is 1.74. The fourth-order valence-corrected chi connectivity index (χ4v) is 1.62. The van der Waals surface area contributed by atoms with Gasteiger partial charge in [0.2, 0.25) is 0 Å². The summed E-state index contributed by atoms with van der Waals surface area (Å²) in [5.74, 6) is -0.627. The molecule has 1 N–H and O–H groups in total. The van der Waals surface area contributed by atoms with E-state index in [1.54, 1.807) is 0 Å². The van der Waals surface area contributed by atoms with Gasteiger partial charge in [0.25, 0.3) is 0 Å². The van der Waals surface area contributed by atoms with E-state index in [0.717, 1.165) is 12.8 Å². The summed E-state index contributed by atoms with van der Waals surface area (Å²) < 4.78 is 0. The van der Waals surface area contributed by atoms with Crippen LogP contribution in [0.2, 0.25) is 0 Å². The third-order valence-electron chi connectivity index (χ3n) is 2.04. The van der Waals surface area contributed by atoms with E-state index in [1.807, 2.05) is 6.92 Å². The van der Waals surface area contributed by atoms with E-state index >= 15 is 0 Å². The van der Waals surface area contributed by atoms with Gasteiger partial charge < -0.3 is 5.11 Å². The summed E-state index contributed by atoms with van der Waals surface area (Å²) in [6.07, 6.45) is 2.58. The van der Waals surface area contributed by atoms with Crippen LogP contribution in [0.5, 0.6) is 0 Å². The molecular weight excluding hydrogens is 164 g/mol. The standard InChI is InChI=1S/C8H11ClO2/c1-5-3-2-4-6(7(5)9)8(10)11/h5H,2-4H2,1H3,(H,10,11). The number of halogens is 1. The fourth-order valence-electron chi connectivity index (χ4n) is 1.34. The molecule has 11 heavy (non-hydrogen) atoms. The molecule has 2 nitrogen and oxygen atoms in total. The van der Waals surface area contributed by atoms with Gasteiger partial charge in [-0.05, 0) is 25.2 Å². The fraction of sp³-hybridized carbons (Fsp3) is 0.625. The van der Waals surface area contributed by atoms with Crippen LogP contribution in [0.1, 0.15) is 26.2 Å². The number of rotatable bonds is 1. The maximum Gasteiger partial charge on any atom is 0.332 e. The lowest BCUT2D eigenvalue weighted by molar-refractivity contribution is -0.133. The first-order valence-corrected chi connectivity index (χ1v) is 4.12. The molecular formula is C8H11ClO2. The van der Waals surface area contributed by atoms with Crippen LogP contribution in [0.3, 0.4) is 0 Å². The normalized spacial score (nSPS) is 25.5. The lowest BCUT2D eigenvalue weighted by Crippen LogP contribution is -2.12. The molecule has 0 aromatic heterocycles. The van der Waals surface area contributed by atoms with Gasteiger partial charge in [0.15, 0.2) is 0 Å². The lowest BCUT2D eigenvalue weighted by atomic mass is 9.91. The Balaban J connectivity index is 2.89. The Bertz CT molecular complexity index is 208. The van der Waals surface area contributed by atoms with Crippen LogP contribution in [0.25, 0.3) is 0 Å². The largest absolute Gasteiger partial charge is 0.478 e. The van der Waals surface area contributed by atoms with Crippen LogP contribution >= 0.6 is 11.6 Å². The molecule has 0 heterocycles. The van der Waals surface area contributed by atoms with Crippen LogP contribution < -0.4 is 0 Å². The monoisotopic (exact) mass is 174 g/mol. The molecule has 1 atom stereocenters. The van der Waals surface area contributed by atoms with E-state index in [-0.39, 0.29) is 5.92 Å². The summed E-state index contributed by atoms with van der Waals surface area (Å²) in [6, 6.07) is 0. The van der Waals surface area contributed by atoms with Crippen molar-refractivity contribution in [1.82, 2.24) is 0 Å². The van der Waals surface area contributed by atoms with E-state index in [9.17, 15) is 4.79 Å². The highest BCUT2D eigenvalue weighted by atomic mass is 35.5. The van der Waals surface area contributed by atoms with Crippen molar-refractivity contribution in [2.75, 3.05) is 0 Å². The molecule has 3 heteroatoms. The smallest absolute Gasteiger partial charge is 0.332 e. The Hall–Kier alpha value is -0.500. The molecule has 0 saturated carbocycles. The van der Waals surface area contributed by atoms with Crippen LogP contribution in [-0.2, 0) is 4.79 Å². The molecule has 1 aliphatic rings. The van der Waals surface area contributed by atoms with Gasteiger partial charge in [-0.1, -0.05) is 18.5 Å². The van der Waals surface area contributed by atoms with Gasteiger partial charge in [-0.15, -0.1) is 0 Å². The van der Waals surface area contributed by atoms with Gasteiger partial charge in [0.1, 0.15) is 0 Å². The van der Waals surface area contributed by atoms with Gasteiger partial charge in [-0.2, -0.15) is 0 Å². The quantitative estimate of drug-likeness (QED) is 0.663. The van der Waals surface area contributed by atoms with Crippen LogP contribution in [0.4, 0.5) is 0 Å². The van der Waals surface area contributed by atoms with Crippen molar-refractivity contribution in [1.29, 1.82) is 0 Å². The highest BCUT2D eigenvalue weighted by molar-refractivity contribution is 6.31. The number of hydrogen-bond acceptors (Lipinski definition) is 1. The first-order valence-electron chi connectivity index (χ1n) is 3.74. The highest BCUT2D eigenvalue weighted by Gasteiger charge is 2.21. The van der Waals surface area contributed by atoms with E-state index < -0.39 is 5.97 Å². The Morgan fingerprint density at radius 2 is 2.36 bits per heavy atom. The van der Waals surface area contributed by atoms with Gasteiger partial charge in [0, 0.05) is 5.03 Å². The molecule has 0 radical (unpaired) electrons. The maximum atomic E-state index is 10.6. The average Bonchev–Trinajstić information content (AvgIpc) is 1.94. The number of carboxylic acid groups (broad SMARTS) is 1. The number of carbonyl (C=O) groups is 1. The maximum absolute atomic E-state index is 10.6. The molecule has 0 aromatic rings. The van der Waals surface area contributed by atoms with Crippen molar-refractivity contribution in [2.45, 2.75) is 26.2 Å². The summed E-state index contributed by atoms with van der Waals surface area (Å²) in [7, 11) is 0. The first-order chi connectivity index (χ1) is 5.13. The molecule has 0 aromatic carbocycles. The number of aliphatic carboxylic acids is 1. The molecule has 1 aliphatic carbocycles. The second-order valence-electron chi connectivity index (χ2n) is 2.92. The molecule has 0 saturated heterocycles. The van der Waals surface area contributed by atoms with E-state index in [2.05, 4.69) is 0 Å². The first kappa shape index (κ1) is 8.60. The third-order valence-corrected chi connectivity index (χ3v) is 2.64. The van der Waals surface area contributed by atoms with Gasteiger partial charge in [-0.3, -0.25) is 0 Å². The zero-order valence-electron chi connectivity index (χ0n) is 6.43. The van der Waals surface area contributed by atoms with E-state index in [1.165, 1.54) is 0 Å². The summed E-state index contributed by atoms with van der Waals surface area (Å²) in [5, 5.41) is 9.23. The Morgan fingerprint density at radius 1 is 1.73 bits per heavy atom. The molecule has 0 aliphatic heterocycles. The highest BCUT2D eigenvalue weighted by Crippen LogP contribution is 2.32. The lowest BCUT2D eigenvalue weighted by Gasteiger charge is -2.18. The second-order valence-corrected chi connectivity index (χ2v) is 3.33. The minimum absolute atomic E-state index is 0.233. The van der Waals surface area contributed by atoms with Gasteiger partial charge >= 0.3 is 5.97 Å². The zero-order chi connectivity index (χ0) is 8.43. The number of allylic oxidation sites excluding steroid dienone is 1. The Labute approximate surface area is 70.9 Å². The minimum Gasteiger partial charge on any atom is -0.478 e. The van der Waals surface area contributed by atoms with Crippen LogP contribution in [-0.4, -0.2) is 11.1 Å². The van der Waals surface area contributed by atoms with Crippen molar-refractivity contribution >= 4 is 17.6 Å². The topological polar surface area (TPSA) is 37.3 Å². The van der Waals surface area contributed by atoms with E-state index in [4.69, 9.17) is 16.7 Å². The zero-order valence-corrected chi connectivity index (χ0v) is 7.19. The minimum atomic E-state index is -0.860. The van der Waals surface area contributed by atoms with Gasteiger partial charge in [-0.25, -0.2) is 4.79 Å². The molecule has 0 bridgehead atoms. The molecule has 62 valence electrons. The molecule has 0 amide bonds. The number of hydrogen-bond donors (Lipinski definition) is 1. The van der Waals surface area contributed by atoms with Gasteiger partial charge in [0.05, 0.1) is 5.57 Å². The molecule has 0 fully saturated rings. The SMILES string of the molecule is CC1CCCC(C(=O)O)=C1Cl. The summed E-state index contributed by atoms with van der Waals surface area (Å²) in [4.78, 5) is 10.6. The molecule has 1 unspecified atom stereocenters.